The topological polar surface area (TPSA) is 43.8 Å². The van der Waals surface area contributed by atoms with Crippen molar-refractivity contribution in [1.29, 1.82) is 0 Å². The van der Waals surface area contributed by atoms with Crippen LogP contribution in [0.3, 0.4) is 0 Å². The lowest BCUT2D eigenvalue weighted by atomic mass is 10.0. The van der Waals surface area contributed by atoms with Gasteiger partial charge in [0.1, 0.15) is 5.82 Å². The highest BCUT2D eigenvalue weighted by molar-refractivity contribution is 14.1. The van der Waals surface area contributed by atoms with E-state index in [1.54, 1.807) is 16.9 Å². The van der Waals surface area contributed by atoms with E-state index >= 15 is 0 Å². The summed E-state index contributed by atoms with van der Waals surface area (Å²) in [6.07, 6.45) is 4.45. The molecule has 0 fully saturated rings. The summed E-state index contributed by atoms with van der Waals surface area (Å²) in [5.74, 6) is -0.230. The Morgan fingerprint density at radius 3 is 2.88 bits per heavy atom. The molecule has 0 bridgehead atoms. The van der Waals surface area contributed by atoms with Crippen LogP contribution in [0, 0.1) is 9.39 Å². The Bertz CT molecular complexity index is 524. The lowest BCUT2D eigenvalue weighted by Crippen LogP contribution is -2.14. The zero-order chi connectivity index (χ0) is 12.4. The minimum Gasteiger partial charge on any atom is -0.324 e. The number of rotatable bonds is 3. The van der Waals surface area contributed by atoms with Crippen molar-refractivity contribution in [1.82, 2.24) is 9.78 Å². The summed E-state index contributed by atoms with van der Waals surface area (Å²) in [6.45, 7) is 0. The molecule has 0 spiro atoms. The molecule has 5 heteroatoms. The van der Waals surface area contributed by atoms with Crippen LogP contribution < -0.4 is 5.73 Å². The second-order valence-electron chi connectivity index (χ2n) is 4.00. The number of aromatic nitrogens is 2. The first-order valence-corrected chi connectivity index (χ1v) is 6.32. The quantitative estimate of drug-likeness (QED) is 0.869. The molecule has 1 aromatic heterocycles. The standard InChI is InChI=1S/C12H13FIN3/c1-17-7-8(6-16-17)4-12(15)10-3-2-9(13)5-11(10)14/h2-3,5-7,12H,4,15H2,1H3. The molecule has 2 N–H and O–H groups in total. The van der Waals surface area contributed by atoms with Crippen LogP contribution in [-0.2, 0) is 13.5 Å². The number of hydrogen-bond acceptors (Lipinski definition) is 2. The molecule has 90 valence electrons. The normalized spacial score (nSPS) is 12.7. The van der Waals surface area contributed by atoms with Crippen LogP contribution in [0.25, 0.3) is 0 Å². The molecule has 0 aliphatic rings. The van der Waals surface area contributed by atoms with Gasteiger partial charge in [-0.1, -0.05) is 6.07 Å². The number of nitrogens with two attached hydrogens (primary N) is 1. The third-order valence-electron chi connectivity index (χ3n) is 2.58. The highest BCUT2D eigenvalue weighted by Gasteiger charge is 2.12. The van der Waals surface area contributed by atoms with E-state index in [1.807, 2.05) is 13.2 Å². The summed E-state index contributed by atoms with van der Waals surface area (Å²) >= 11 is 2.11. The maximum Gasteiger partial charge on any atom is 0.124 e. The molecule has 0 radical (unpaired) electrons. The second kappa shape index (κ2) is 5.14. The largest absolute Gasteiger partial charge is 0.324 e. The van der Waals surface area contributed by atoms with Crippen molar-refractivity contribution in [2.75, 3.05) is 0 Å². The average Bonchev–Trinajstić information content (AvgIpc) is 2.63. The van der Waals surface area contributed by atoms with Crippen LogP contribution in [0.15, 0.2) is 30.6 Å². The van der Waals surface area contributed by atoms with Crippen molar-refractivity contribution in [3.05, 3.63) is 51.1 Å². The van der Waals surface area contributed by atoms with E-state index in [9.17, 15) is 4.39 Å². The van der Waals surface area contributed by atoms with E-state index < -0.39 is 0 Å². The molecule has 0 saturated heterocycles. The molecule has 1 aromatic carbocycles. The van der Waals surface area contributed by atoms with Crippen molar-refractivity contribution in [2.24, 2.45) is 12.8 Å². The fraction of sp³-hybridized carbons (Fsp3) is 0.250. The van der Waals surface area contributed by atoms with Crippen molar-refractivity contribution in [3.8, 4) is 0 Å². The third-order valence-corrected chi connectivity index (χ3v) is 3.51. The van der Waals surface area contributed by atoms with Crippen LogP contribution in [-0.4, -0.2) is 9.78 Å². The van der Waals surface area contributed by atoms with Gasteiger partial charge in [0.25, 0.3) is 0 Å². The Kier molecular flexibility index (Phi) is 3.78. The molecule has 0 saturated carbocycles. The Balaban J connectivity index is 2.17. The number of aryl methyl sites for hydroxylation is 1. The number of hydrogen-bond donors (Lipinski definition) is 1. The zero-order valence-electron chi connectivity index (χ0n) is 9.40. The molecule has 17 heavy (non-hydrogen) atoms. The van der Waals surface area contributed by atoms with Crippen molar-refractivity contribution in [3.63, 3.8) is 0 Å². The number of halogens is 2. The minimum atomic E-state index is -0.230. The second-order valence-corrected chi connectivity index (χ2v) is 5.16. The SMILES string of the molecule is Cn1cc(CC(N)c2ccc(F)cc2I)cn1. The summed E-state index contributed by atoms with van der Waals surface area (Å²) in [5, 5.41) is 4.10. The van der Waals surface area contributed by atoms with E-state index in [-0.39, 0.29) is 11.9 Å². The van der Waals surface area contributed by atoms with Gasteiger partial charge in [0.05, 0.1) is 6.20 Å². The highest BCUT2D eigenvalue weighted by Crippen LogP contribution is 2.22. The Morgan fingerprint density at radius 2 is 2.29 bits per heavy atom. The molecule has 0 aliphatic heterocycles. The minimum absolute atomic E-state index is 0.133. The Morgan fingerprint density at radius 1 is 1.53 bits per heavy atom. The van der Waals surface area contributed by atoms with E-state index in [0.717, 1.165) is 14.7 Å². The summed E-state index contributed by atoms with van der Waals surface area (Å²) in [7, 11) is 1.87. The van der Waals surface area contributed by atoms with Crippen LogP contribution in [0.5, 0.6) is 0 Å². The number of nitrogens with zero attached hydrogens (tertiary/aromatic N) is 2. The third kappa shape index (κ3) is 3.04. The van der Waals surface area contributed by atoms with Gasteiger partial charge in [0, 0.05) is 22.9 Å². The van der Waals surface area contributed by atoms with Crippen molar-refractivity contribution >= 4 is 22.6 Å². The van der Waals surface area contributed by atoms with Gasteiger partial charge < -0.3 is 5.73 Å². The lowest BCUT2D eigenvalue weighted by molar-refractivity contribution is 0.622. The maximum absolute atomic E-state index is 13.0. The molecule has 2 rings (SSSR count). The van der Waals surface area contributed by atoms with Gasteiger partial charge in [0.15, 0.2) is 0 Å². The average molecular weight is 345 g/mol. The molecular weight excluding hydrogens is 332 g/mol. The Hall–Kier alpha value is -0.950. The van der Waals surface area contributed by atoms with Crippen LogP contribution in [0.1, 0.15) is 17.2 Å². The van der Waals surface area contributed by atoms with E-state index in [2.05, 4.69) is 27.7 Å². The molecule has 1 atom stereocenters. The van der Waals surface area contributed by atoms with Crippen LogP contribution in [0.4, 0.5) is 4.39 Å². The predicted molar refractivity (Wildman–Crippen MR) is 73.0 cm³/mol. The number of benzene rings is 1. The van der Waals surface area contributed by atoms with E-state index in [1.165, 1.54) is 12.1 Å². The Labute approximate surface area is 113 Å². The monoisotopic (exact) mass is 345 g/mol. The highest BCUT2D eigenvalue weighted by atomic mass is 127. The first-order valence-electron chi connectivity index (χ1n) is 5.24. The molecule has 1 unspecified atom stereocenters. The van der Waals surface area contributed by atoms with Gasteiger partial charge >= 0.3 is 0 Å². The maximum atomic E-state index is 13.0. The van der Waals surface area contributed by atoms with Crippen LogP contribution in [0.2, 0.25) is 0 Å². The first-order chi connectivity index (χ1) is 8.06. The molecule has 3 nitrogen and oxygen atoms in total. The van der Waals surface area contributed by atoms with Crippen molar-refractivity contribution < 1.29 is 4.39 Å². The van der Waals surface area contributed by atoms with Gasteiger partial charge in [0.2, 0.25) is 0 Å². The molecular formula is C12H13FIN3. The fourth-order valence-electron chi connectivity index (χ4n) is 1.74. The molecule has 0 aliphatic carbocycles. The summed E-state index contributed by atoms with van der Waals surface area (Å²) in [4.78, 5) is 0. The smallest absolute Gasteiger partial charge is 0.124 e. The molecule has 0 amide bonds. The predicted octanol–water partition coefficient (Wildman–Crippen LogP) is 2.41. The van der Waals surface area contributed by atoms with Gasteiger partial charge in [-0.05, 0) is 52.3 Å². The summed E-state index contributed by atoms with van der Waals surface area (Å²) in [6, 6.07) is 4.56. The van der Waals surface area contributed by atoms with Crippen molar-refractivity contribution in [2.45, 2.75) is 12.5 Å². The molecule has 2 aromatic rings. The first kappa shape index (κ1) is 12.5. The van der Waals surface area contributed by atoms with E-state index in [0.29, 0.717) is 6.42 Å². The van der Waals surface area contributed by atoms with Gasteiger partial charge in [-0.3, -0.25) is 4.68 Å². The fourth-order valence-corrected chi connectivity index (χ4v) is 2.62. The lowest BCUT2D eigenvalue weighted by Gasteiger charge is -2.12. The zero-order valence-corrected chi connectivity index (χ0v) is 11.6. The summed E-state index contributed by atoms with van der Waals surface area (Å²) < 4.78 is 15.6. The van der Waals surface area contributed by atoms with Gasteiger partial charge in [-0.2, -0.15) is 5.10 Å². The van der Waals surface area contributed by atoms with Crippen LogP contribution >= 0.6 is 22.6 Å². The van der Waals surface area contributed by atoms with E-state index in [4.69, 9.17) is 5.73 Å². The molecule has 1 heterocycles. The van der Waals surface area contributed by atoms with Gasteiger partial charge in [-0.25, -0.2) is 4.39 Å². The summed E-state index contributed by atoms with van der Waals surface area (Å²) in [5.41, 5.74) is 8.17. The van der Waals surface area contributed by atoms with Gasteiger partial charge in [-0.15, -0.1) is 0 Å².